The van der Waals surface area contributed by atoms with Crippen LogP contribution in [0.2, 0.25) is 0 Å². The van der Waals surface area contributed by atoms with Gasteiger partial charge < -0.3 is 0 Å². The second-order valence-corrected chi connectivity index (χ2v) is 3.84. The smallest absolute Gasteiger partial charge is 0.258 e. The van der Waals surface area contributed by atoms with Gasteiger partial charge in [-0.15, -0.1) is 11.8 Å². The number of rotatable bonds is 2. The van der Waals surface area contributed by atoms with Gasteiger partial charge in [0.25, 0.3) is 5.69 Å². The number of thioether (sulfide) groups is 1. The van der Waals surface area contributed by atoms with Crippen molar-refractivity contribution in [1.82, 2.24) is 0 Å². The Morgan fingerprint density at radius 3 is 2.69 bits per heavy atom. The van der Waals surface area contributed by atoms with Crippen LogP contribution in [0.5, 0.6) is 0 Å². The first-order valence-electron chi connectivity index (χ1n) is 3.23. The Morgan fingerprint density at radius 2 is 2.23 bits per heavy atom. The number of nitro groups is 1. The molecule has 0 atom stereocenters. The highest BCUT2D eigenvalue weighted by molar-refractivity contribution is 9.10. The summed E-state index contributed by atoms with van der Waals surface area (Å²) in [5.41, 5.74) is -0.246. The van der Waals surface area contributed by atoms with Gasteiger partial charge in [0, 0.05) is 4.90 Å². The maximum Gasteiger partial charge on any atom is 0.287 e. The van der Waals surface area contributed by atoms with Crippen molar-refractivity contribution in [3.63, 3.8) is 0 Å². The maximum atomic E-state index is 12.8. The predicted molar refractivity (Wildman–Crippen MR) is 52.5 cm³/mol. The summed E-state index contributed by atoms with van der Waals surface area (Å²) >= 11 is 4.30. The van der Waals surface area contributed by atoms with Gasteiger partial charge in [0.05, 0.1) is 11.0 Å². The first-order valence-corrected chi connectivity index (χ1v) is 5.25. The van der Waals surface area contributed by atoms with Gasteiger partial charge in [-0.2, -0.15) is 0 Å². The molecule has 1 rings (SSSR count). The molecule has 0 amide bonds. The third-order valence-corrected chi connectivity index (χ3v) is 3.26. The fourth-order valence-electron chi connectivity index (χ4n) is 0.832. The van der Waals surface area contributed by atoms with Crippen LogP contribution < -0.4 is 0 Å². The monoisotopic (exact) mass is 265 g/mol. The van der Waals surface area contributed by atoms with Crippen LogP contribution in [0.3, 0.4) is 0 Å². The van der Waals surface area contributed by atoms with E-state index in [-0.39, 0.29) is 5.69 Å². The van der Waals surface area contributed by atoms with Gasteiger partial charge in [-0.05, 0) is 28.3 Å². The second kappa shape index (κ2) is 4.06. The van der Waals surface area contributed by atoms with Crippen LogP contribution in [0.15, 0.2) is 21.5 Å². The molecule has 0 saturated heterocycles. The van der Waals surface area contributed by atoms with Crippen molar-refractivity contribution >= 4 is 33.4 Å². The summed E-state index contributed by atoms with van der Waals surface area (Å²) < 4.78 is 13.1. The van der Waals surface area contributed by atoms with Gasteiger partial charge in [0.15, 0.2) is 0 Å². The quantitative estimate of drug-likeness (QED) is 0.469. The maximum absolute atomic E-state index is 12.8. The molecule has 0 unspecified atom stereocenters. The van der Waals surface area contributed by atoms with Crippen LogP contribution in [0.25, 0.3) is 0 Å². The van der Waals surface area contributed by atoms with E-state index in [1.165, 1.54) is 17.8 Å². The van der Waals surface area contributed by atoms with E-state index in [9.17, 15) is 14.5 Å². The molecule has 13 heavy (non-hydrogen) atoms. The van der Waals surface area contributed by atoms with E-state index in [2.05, 4.69) is 15.9 Å². The van der Waals surface area contributed by atoms with E-state index in [0.717, 1.165) is 6.07 Å². The van der Waals surface area contributed by atoms with Gasteiger partial charge in [-0.1, -0.05) is 0 Å². The average Bonchev–Trinajstić information content (AvgIpc) is 2.08. The molecule has 0 saturated carbocycles. The Hall–Kier alpha value is -0.620. The molecule has 0 aliphatic heterocycles. The average molecular weight is 266 g/mol. The van der Waals surface area contributed by atoms with Gasteiger partial charge in [-0.25, -0.2) is 4.39 Å². The highest BCUT2D eigenvalue weighted by Crippen LogP contribution is 2.34. The van der Waals surface area contributed by atoms with Gasteiger partial charge in [0.1, 0.15) is 10.3 Å². The molecule has 1 aromatic rings. The summed E-state index contributed by atoms with van der Waals surface area (Å²) in [6, 6.07) is 2.14. The standard InChI is InChI=1S/C7H5BrFNO2S/c1-13-6-3-4(9)2-5(7(6)8)10(11)12/h2-3H,1H3. The summed E-state index contributed by atoms with van der Waals surface area (Å²) in [6.45, 7) is 0. The highest BCUT2D eigenvalue weighted by Gasteiger charge is 2.16. The summed E-state index contributed by atoms with van der Waals surface area (Å²) in [7, 11) is 0. The van der Waals surface area contributed by atoms with Gasteiger partial charge in [0.2, 0.25) is 0 Å². The number of nitrogens with zero attached hydrogens (tertiary/aromatic N) is 1. The molecule has 0 bridgehead atoms. The summed E-state index contributed by atoms with van der Waals surface area (Å²) in [5, 5.41) is 10.4. The zero-order valence-corrected chi connectivity index (χ0v) is 8.99. The van der Waals surface area contributed by atoms with Crippen molar-refractivity contribution in [3.8, 4) is 0 Å². The van der Waals surface area contributed by atoms with Crippen LogP contribution in [0, 0.1) is 15.9 Å². The Bertz CT molecular complexity index is 359. The minimum atomic E-state index is -0.618. The molecule has 0 radical (unpaired) electrons. The van der Waals surface area contributed by atoms with Gasteiger partial charge in [-0.3, -0.25) is 10.1 Å². The largest absolute Gasteiger partial charge is 0.287 e. The Labute approximate surface area is 86.6 Å². The van der Waals surface area contributed by atoms with Crippen molar-refractivity contribution < 1.29 is 9.31 Å². The molecule has 1 aromatic carbocycles. The molecule has 70 valence electrons. The fourth-order valence-corrected chi connectivity index (χ4v) is 2.21. The first kappa shape index (κ1) is 10.5. The lowest BCUT2D eigenvalue weighted by Gasteiger charge is -2.01. The molecular formula is C7H5BrFNO2S. The van der Waals surface area contributed by atoms with E-state index < -0.39 is 10.7 Å². The molecule has 6 heteroatoms. The molecule has 0 spiro atoms. The van der Waals surface area contributed by atoms with Gasteiger partial charge >= 0.3 is 0 Å². The number of hydrogen-bond acceptors (Lipinski definition) is 3. The minimum absolute atomic E-state index is 0.246. The molecule has 0 aromatic heterocycles. The number of benzene rings is 1. The summed E-state index contributed by atoms with van der Waals surface area (Å²) in [6.07, 6.45) is 1.73. The lowest BCUT2D eigenvalue weighted by atomic mass is 10.3. The number of nitro benzene ring substituents is 1. The predicted octanol–water partition coefficient (Wildman–Crippen LogP) is 3.22. The lowest BCUT2D eigenvalue weighted by molar-refractivity contribution is -0.386. The molecule has 0 fully saturated rings. The van der Waals surface area contributed by atoms with Crippen LogP contribution in [-0.4, -0.2) is 11.2 Å². The van der Waals surface area contributed by atoms with Crippen LogP contribution in [0.1, 0.15) is 0 Å². The van der Waals surface area contributed by atoms with Crippen molar-refractivity contribution in [2.75, 3.05) is 6.26 Å². The molecular weight excluding hydrogens is 261 g/mol. The second-order valence-electron chi connectivity index (χ2n) is 2.20. The highest BCUT2D eigenvalue weighted by atomic mass is 79.9. The lowest BCUT2D eigenvalue weighted by Crippen LogP contribution is -1.92. The van der Waals surface area contributed by atoms with Crippen LogP contribution in [0.4, 0.5) is 10.1 Å². The Kier molecular flexibility index (Phi) is 3.27. The van der Waals surface area contributed by atoms with Crippen molar-refractivity contribution in [3.05, 3.63) is 32.5 Å². The van der Waals surface area contributed by atoms with Crippen molar-refractivity contribution in [1.29, 1.82) is 0 Å². The van der Waals surface area contributed by atoms with E-state index in [4.69, 9.17) is 0 Å². The Balaban J connectivity index is 3.35. The van der Waals surface area contributed by atoms with Crippen molar-refractivity contribution in [2.45, 2.75) is 4.90 Å². The van der Waals surface area contributed by atoms with Crippen molar-refractivity contribution in [2.24, 2.45) is 0 Å². The summed E-state index contributed by atoms with van der Waals surface area (Å²) in [4.78, 5) is 10.3. The third kappa shape index (κ3) is 2.19. The van der Waals surface area contributed by atoms with Crippen LogP contribution >= 0.6 is 27.7 Å². The zero-order valence-electron chi connectivity index (χ0n) is 6.58. The zero-order chi connectivity index (χ0) is 10.0. The molecule has 3 nitrogen and oxygen atoms in total. The Morgan fingerprint density at radius 1 is 1.62 bits per heavy atom. The third-order valence-electron chi connectivity index (χ3n) is 1.40. The van der Waals surface area contributed by atoms with E-state index >= 15 is 0 Å². The van der Waals surface area contributed by atoms with Crippen LogP contribution in [-0.2, 0) is 0 Å². The molecule has 0 aliphatic carbocycles. The first-order chi connectivity index (χ1) is 6.06. The number of hydrogen-bond donors (Lipinski definition) is 0. The SMILES string of the molecule is CSc1cc(F)cc([N+](=O)[O-])c1Br. The normalized spacial score (nSPS) is 10.1. The number of halogens is 2. The fraction of sp³-hybridized carbons (Fsp3) is 0.143. The van der Waals surface area contributed by atoms with E-state index in [1.807, 2.05) is 0 Å². The summed E-state index contributed by atoms with van der Waals surface area (Å²) in [5.74, 6) is -0.598. The molecule has 0 N–H and O–H groups in total. The molecule has 0 aliphatic rings. The van der Waals surface area contributed by atoms with E-state index in [0.29, 0.717) is 9.37 Å². The minimum Gasteiger partial charge on any atom is -0.258 e. The van der Waals surface area contributed by atoms with E-state index in [1.54, 1.807) is 6.26 Å². The molecule has 0 heterocycles. The topological polar surface area (TPSA) is 43.1 Å².